The van der Waals surface area contributed by atoms with Gasteiger partial charge in [-0.3, -0.25) is 9.59 Å². The Morgan fingerprint density at radius 3 is 2.27 bits per heavy atom. The first-order chi connectivity index (χ1) is 17.6. The van der Waals surface area contributed by atoms with E-state index in [1.54, 1.807) is 23.6 Å². The van der Waals surface area contributed by atoms with Crippen LogP contribution < -0.4 is 10.6 Å². The Kier molecular flexibility index (Phi) is 7.68. The smallest absolute Gasteiger partial charge is 0.373 e. The Morgan fingerprint density at radius 1 is 1.00 bits per heavy atom. The number of halogens is 4. The number of carbonyl (C=O) groups is 2. The summed E-state index contributed by atoms with van der Waals surface area (Å²) in [6, 6.07) is 11.1. The van der Waals surface area contributed by atoms with Gasteiger partial charge in [0.15, 0.2) is 0 Å². The number of ether oxygens (including phenoxy) is 1. The number of hydrogen-bond donors (Lipinski definition) is 2. The van der Waals surface area contributed by atoms with Crippen molar-refractivity contribution in [3.8, 4) is 0 Å². The van der Waals surface area contributed by atoms with Gasteiger partial charge in [0.2, 0.25) is 0 Å². The molecular weight excluding hydrogens is 490 g/mol. The fourth-order valence-corrected chi connectivity index (χ4v) is 4.38. The van der Waals surface area contributed by atoms with Crippen molar-refractivity contribution in [1.29, 1.82) is 0 Å². The van der Waals surface area contributed by atoms with E-state index in [1.165, 1.54) is 30.3 Å². The van der Waals surface area contributed by atoms with Crippen molar-refractivity contribution in [3.63, 3.8) is 0 Å². The molecule has 6 nitrogen and oxygen atoms in total. The van der Waals surface area contributed by atoms with E-state index in [-0.39, 0.29) is 18.0 Å². The lowest BCUT2D eigenvalue weighted by Crippen LogP contribution is -2.31. The van der Waals surface area contributed by atoms with Crippen LogP contribution in [0.25, 0.3) is 0 Å². The van der Waals surface area contributed by atoms with Gasteiger partial charge in [0.05, 0.1) is 42.1 Å². The van der Waals surface area contributed by atoms with Gasteiger partial charge in [0.25, 0.3) is 11.8 Å². The van der Waals surface area contributed by atoms with E-state index >= 15 is 0 Å². The number of amides is 2. The van der Waals surface area contributed by atoms with Crippen LogP contribution >= 0.6 is 0 Å². The van der Waals surface area contributed by atoms with E-state index < -0.39 is 35.6 Å². The van der Waals surface area contributed by atoms with Gasteiger partial charge >= 0.3 is 6.18 Å². The molecule has 0 bridgehead atoms. The van der Waals surface area contributed by atoms with E-state index in [4.69, 9.17) is 4.74 Å². The molecule has 1 aliphatic heterocycles. The molecule has 0 spiro atoms. The van der Waals surface area contributed by atoms with Gasteiger partial charge in [-0.2, -0.15) is 13.2 Å². The minimum atomic E-state index is -4.44. The van der Waals surface area contributed by atoms with Crippen LogP contribution in [0.15, 0.2) is 54.6 Å². The van der Waals surface area contributed by atoms with Crippen molar-refractivity contribution in [2.75, 3.05) is 6.61 Å². The van der Waals surface area contributed by atoms with Crippen LogP contribution in [0.1, 0.15) is 75.6 Å². The molecule has 0 saturated heterocycles. The first-order valence-electron chi connectivity index (χ1n) is 11.9. The van der Waals surface area contributed by atoms with E-state index in [2.05, 4.69) is 10.6 Å². The third-order valence-corrected chi connectivity index (χ3v) is 6.46. The molecule has 2 amide bonds. The lowest BCUT2D eigenvalue weighted by atomic mass is 10.0. The third kappa shape index (κ3) is 5.85. The highest BCUT2D eigenvalue weighted by Gasteiger charge is 2.31. The summed E-state index contributed by atoms with van der Waals surface area (Å²) in [5.74, 6) is -1.22. The molecule has 0 saturated carbocycles. The lowest BCUT2D eigenvalue weighted by molar-refractivity contribution is -0.137. The maximum Gasteiger partial charge on any atom is 0.416 e. The molecule has 2 heterocycles. The normalized spacial score (nSPS) is 15.0. The molecule has 1 aromatic heterocycles. The van der Waals surface area contributed by atoms with Crippen LogP contribution in [-0.4, -0.2) is 23.0 Å². The van der Waals surface area contributed by atoms with Crippen LogP contribution in [0.5, 0.6) is 0 Å². The number of fused-ring (bicyclic) bond motifs is 1. The average Bonchev–Trinajstić information content (AvgIpc) is 3.27. The van der Waals surface area contributed by atoms with Crippen LogP contribution in [0.4, 0.5) is 17.6 Å². The molecule has 2 unspecified atom stereocenters. The van der Waals surface area contributed by atoms with Crippen LogP contribution in [0.3, 0.4) is 0 Å². The van der Waals surface area contributed by atoms with Crippen molar-refractivity contribution in [3.05, 3.63) is 94.1 Å². The van der Waals surface area contributed by atoms with E-state index in [1.807, 2.05) is 6.92 Å². The largest absolute Gasteiger partial charge is 0.416 e. The number of nitrogens with one attached hydrogen (secondary N) is 2. The minimum absolute atomic E-state index is 0.140. The molecule has 196 valence electrons. The lowest BCUT2D eigenvalue weighted by Gasteiger charge is -2.21. The molecule has 37 heavy (non-hydrogen) atoms. The van der Waals surface area contributed by atoms with Crippen LogP contribution in [-0.2, 0) is 24.1 Å². The maximum absolute atomic E-state index is 13.3. The molecule has 1 aliphatic rings. The summed E-state index contributed by atoms with van der Waals surface area (Å²) < 4.78 is 59.3. The van der Waals surface area contributed by atoms with Crippen molar-refractivity contribution in [2.24, 2.45) is 0 Å². The van der Waals surface area contributed by atoms with E-state index in [9.17, 15) is 27.2 Å². The molecule has 0 aliphatic carbocycles. The maximum atomic E-state index is 13.3. The Bertz CT molecular complexity index is 1270. The Labute approximate surface area is 211 Å². The van der Waals surface area contributed by atoms with Gasteiger partial charge in [-0.25, -0.2) is 4.39 Å². The van der Waals surface area contributed by atoms with Gasteiger partial charge in [0.1, 0.15) is 11.5 Å². The molecule has 2 N–H and O–H groups in total. The zero-order valence-corrected chi connectivity index (χ0v) is 20.4. The number of rotatable bonds is 7. The Balaban J connectivity index is 1.54. The minimum Gasteiger partial charge on any atom is -0.373 e. The van der Waals surface area contributed by atoms with Crippen molar-refractivity contribution in [2.45, 2.75) is 51.7 Å². The second kappa shape index (κ2) is 10.8. The fourth-order valence-electron chi connectivity index (χ4n) is 4.38. The topological polar surface area (TPSA) is 72.4 Å². The summed E-state index contributed by atoms with van der Waals surface area (Å²) >= 11 is 0. The molecule has 0 radical (unpaired) electrons. The van der Waals surface area contributed by atoms with Crippen LogP contribution in [0, 0.1) is 5.82 Å². The van der Waals surface area contributed by atoms with Crippen LogP contribution in [0.2, 0.25) is 0 Å². The van der Waals surface area contributed by atoms with Gasteiger partial charge in [-0.1, -0.05) is 31.2 Å². The van der Waals surface area contributed by atoms with E-state index in [0.717, 1.165) is 17.7 Å². The van der Waals surface area contributed by atoms with Crippen molar-refractivity contribution in [1.82, 2.24) is 15.2 Å². The summed E-state index contributed by atoms with van der Waals surface area (Å²) in [4.78, 5) is 26.4. The zero-order chi connectivity index (χ0) is 26.7. The molecule has 0 fully saturated rings. The number of hydrogen-bond acceptors (Lipinski definition) is 3. The first-order valence-corrected chi connectivity index (χ1v) is 11.9. The number of benzene rings is 2. The predicted octanol–water partition coefficient (Wildman–Crippen LogP) is 5.55. The monoisotopic (exact) mass is 517 g/mol. The Morgan fingerprint density at radius 2 is 1.65 bits per heavy atom. The van der Waals surface area contributed by atoms with Crippen molar-refractivity contribution >= 4 is 11.8 Å². The summed E-state index contributed by atoms with van der Waals surface area (Å²) in [6.07, 6.45) is -3.99. The second-order valence-corrected chi connectivity index (χ2v) is 8.89. The Hall–Kier alpha value is -3.66. The highest BCUT2D eigenvalue weighted by Crippen LogP contribution is 2.31. The highest BCUT2D eigenvalue weighted by molar-refractivity contribution is 6.01. The first kappa shape index (κ1) is 26.4. The van der Waals surface area contributed by atoms with Gasteiger partial charge in [0, 0.05) is 6.54 Å². The molecule has 3 aromatic rings. The second-order valence-electron chi connectivity index (χ2n) is 8.89. The SMILES string of the molecule is CCC(NC(=O)c1cc(C(=O)NC(C)c2ccc(F)cc2)n2c1COCC2)c1ccc(C(F)(F)F)cc1. The number of aromatic nitrogens is 1. The average molecular weight is 518 g/mol. The van der Waals surface area contributed by atoms with Gasteiger partial charge in [-0.15, -0.1) is 0 Å². The highest BCUT2D eigenvalue weighted by atomic mass is 19.4. The number of alkyl halides is 3. The summed E-state index contributed by atoms with van der Waals surface area (Å²) in [5, 5.41) is 5.76. The van der Waals surface area contributed by atoms with Gasteiger partial charge < -0.3 is 19.9 Å². The van der Waals surface area contributed by atoms with E-state index in [0.29, 0.717) is 36.5 Å². The standard InChI is InChI=1S/C27H27F4N3O3/c1-3-22(18-4-8-19(9-5-18)27(29,30)31)33-25(35)21-14-23(34-12-13-37-15-24(21)34)26(36)32-16(2)17-6-10-20(28)11-7-17/h4-11,14,16,22H,3,12-13,15H2,1-2H3,(H,32,36)(H,33,35). The molecule has 2 aromatic carbocycles. The third-order valence-electron chi connectivity index (χ3n) is 6.46. The molecular formula is C27H27F4N3O3. The summed E-state index contributed by atoms with van der Waals surface area (Å²) in [6.45, 7) is 4.49. The molecule has 2 atom stereocenters. The van der Waals surface area contributed by atoms with Gasteiger partial charge in [-0.05, 0) is 54.8 Å². The fraction of sp³-hybridized carbons (Fsp3) is 0.333. The zero-order valence-electron chi connectivity index (χ0n) is 20.4. The molecule has 10 heteroatoms. The predicted molar refractivity (Wildman–Crippen MR) is 128 cm³/mol. The number of carbonyl (C=O) groups excluding carboxylic acids is 2. The summed E-state index contributed by atoms with van der Waals surface area (Å²) in [5.41, 5.74) is 1.61. The van der Waals surface area contributed by atoms with Crippen molar-refractivity contribution < 1.29 is 31.9 Å². The molecule has 4 rings (SSSR count). The summed E-state index contributed by atoms with van der Waals surface area (Å²) in [7, 11) is 0. The quantitative estimate of drug-likeness (QED) is 0.404. The number of nitrogens with zero attached hydrogens (tertiary/aromatic N) is 1.